The number of ketones is 1. The van der Waals surface area contributed by atoms with Crippen molar-refractivity contribution in [2.24, 2.45) is 14.1 Å². The average Bonchev–Trinajstić information content (AvgIpc) is 3.18. The van der Waals surface area contributed by atoms with Gasteiger partial charge >= 0.3 is 0 Å². The van der Waals surface area contributed by atoms with E-state index in [1.54, 1.807) is 25.8 Å². The van der Waals surface area contributed by atoms with Crippen LogP contribution in [-0.2, 0) is 18.9 Å². The number of imidazole rings is 2. The molecule has 0 saturated carbocycles. The zero-order valence-electron chi connectivity index (χ0n) is 14.1. The van der Waals surface area contributed by atoms with Crippen LogP contribution >= 0.6 is 104 Å². The van der Waals surface area contributed by atoms with E-state index in [9.17, 15) is 9.59 Å². The molecule has 160 valence electrons. The molecule has 2 aromatic heterocycles. The Kier molecular flexibility index (Phi) is 16.6. The van der Waals surface area contributed by atoms with Gasteiger partial charge in [-0.3, -0.25) is 9.59 Å². The molecule has 2 aromatic rings. The predicted molar refractivity (Wildman–Crippen MR) is 119 cm³/mol. The van der Waals surface area contributed by atoms with Crippen LogP contribution in [0.5, 0.6) is 0 Å². The SMILES string of the molecule is ClCCl.Cn1ccnc1.Cn1ccnc1C(=O)C(Cl)(Cl)Cl.O=C(Cl)C(Cl)(Cl)Cl. The third-order valence-corrected chi connectivity index (χ3v) is 3.74. The van der Waals surface area contributed by atoms with E-state index in [1.165, 1.54) is 10.8 Å². The quantitative estimate of drug-likeness (QED) is 0.240. The fourth-order valence-electron chi connectivity index (χ4n) is 1.04. The van der Waals surface area contributed by atoms with Crippen LogP contribution in [0.2, 0.25) is 0 Å². The normalized spacial score (nSPS) is 10.4. The molecule has 2 rings (SSSR count). The highest BCUT2D eigenvalue weighted by molar-refractivity contribution is 6.88. The highest BCUT2D eigenvalue weighted by Crippen LogP contribution is 2.29. The number of carbonyl (C=O) groups is 2. The van der Waals surface area contributed by atoms with Crippen LogP contribution in [0.15, 0.2) is 31.1 Å². The number of aromatic nitrogens is 4. The van der Waals surface area contributed by atoms with E-state index < -0.39 is 18.6 Å². The Morgan fingerprint density at radius 1 is 0.964 bits per heavy atom. The van der Waals surface area contributed by atoms with Gasteiger partial charge in [0.25, 0.3) is 12.8 Å². The first-order chi connectivity index (χ1) is 12.7. The lowest BCUT2D eigenvalue weighted by Gasteiger charge is -2.07. The molecule has 0 saturated heterocycles. The zero-order chi connectivity index (χ0) is 22.5. The Hall–Kier alpha value is 0.370. The van der Waals surface area contributed by atoms with Crippen molar-refractivity contribution in [3.8, 4) is 0 Å². The van der Waals surface area contributed by atoms with Crippen LogP contribution in [0.1, 0.15) is 10.6 Å². The first-order valence-corrected chi connectivity index (χ1v) is 10.3. The number of rotatable bonds is 1. The molecule has 0 unspecified atom stereocenters. The Bertz CT molecular complexity index is 694. The van der Waals surface area contributed by atoms with Crippen molar-refractivity contribution >= 4 is 115 Å². The van der Waals surface area contributed by atoms with Crippen molar-refractivity contribution in [2.45, 2.75) is 7.59 Å². The molecular formula is C13H13Cl9N4O2. The molecule has 0 aliphatic carbocycles. The van der Waals surface area contributed by atoms with E-state index >= 15 is 0 Å². The number of nitrogens with zero attached hydrogens (tertiary/aromatic N) is 4. The molecule has 15 heteroatoms. The van der Waals surface area contributed by atoms with Gasteiger partial charge < -0.3 is 9.13 Å². The minimum Gasteiger partial charge on any atom is -0.341 e. The van der Waals surface area contributed by atoms with Crippen LogP contribution in [0.25, 0.3) is 0 Å². The van der Waals surface area contributed by atoms with Gasteiger partial charge in [-0.2, -0.15) is 0 Å². The Morgan fingerprint density at radius 3 is 1.61 bits per heavy atom. The standard InChI is InChI=1S/C6H5Cl3N2O.C4H6N2.C2Cl4O.CH2Cl2/c1-11-3-2-10-5(11)4(12)6(7,8)9;1-6-3-2-5-4-6;3-1(7)2(4,5)6;2-1-3/h2-3H,1H3;2-4H,1H3;;1H2. The number of alkyl halides is 8. The van der Waals surface area contributed by atoms with Gasteiger partial charge in [-0.25, -0.2) is 9.97 Å². The molecule has 0 N–H and O–H groups in total. The number of Topliss-reactive ketones (excluding diaryl/α,β-unsaturated/α-hetero) is 1. The van der Waals surface area contributed by atoms with Crippen molar-refractivity contribution in [1.29, 1.82) is 0 Å². The lowest BCUT2D eigenvalue weighted by atomic mass is 10.4. The maximum atomic E-state index is 11.3. The van der Waals surface area contributed by atoms with E-state index in [4.69, 9.17) is 104 Å². The van der Waals surface area contributed by atoms with E-state index in [0.717, 1.165) is 0 Å². The van der Waals surface area contributed by atoms with Crippen LogP contribution in [0, 0.1) is 0 Å². The summed E-state index contributed by atoms with van der Waals surface area (Å²) in [4.78, 5) is 28.6. The Labute approximate surface area is 206 Å². The molecule has 0 bridgehead atoms. The zero-order valence-corrected chi connectivity index (χ0v) is 20.9. The summed E-state index contributed by atoms with van der Waals surface area (Å²) in [5, 5.41) is -0.794. The third kappa shape index (κ3) is 15.2. The van der Waals surface area contributed by atoms with Crippen molar-refractivity contribution in [3.63, 3.8) is 0 Å². The van der Waals surface area contributed by atoms with Crippen LogP contribution in [-0.4, -0.2) is 43.1 Å². The first-order valence-electron chi connectivity index (χ1n) is 6.57. The van der Waals surface area contributed by atoms with E-state index in [2.05, 4.69) is 9.97 Å². The van der Waals surface area contributed by atoms with Crippen molar-refractivity contribution in [1.82, 2.24) is 19.1 Å². The highest BCUT2D eigenvalue weighted by atomic mass is 35.6. The smallest absolute Gasteiger partial charge is 0.273 e. The second-order valence-electron chi connectivity index (χ2n) is 4.29. The lowest BCUT2D eigenvalue weighted by molar-refractivity contribution is -0.110. The minimum absolute atomic E-state index is 0.134. The molecule has 0 spiro atoms. The fraction of sp³-hybridized carbons (Fsp3) is 0.385. The van der Waals surface area contributed by atoms with Gasteiger partial charge in [0.2, 0.25) is 5.78 Å². The molecule has 0 aliphatic heterocycles. The Balaban J connectivity index is 0. The van der Waals surface area contributed by atoms with Crippen molar-refractivity contribution < 1.29 is 9.59 Å². The van der Waals surface area contributed by atoms with E-state index in [-0.39, 0.29) is 11.2 Å². The molecule has 0 radical (unpaired) electrons. The summed E-state index contributed by atoms with van der Waals surface area (Å²) in [5.74, 6) is -0.491. The van der Waals surface area contributed by atoms with E-state index in [1.807, 2.05) is 17.8 Å². The van der Waals surface area contributed by atoms with Gasteiger partial charge in [0.1, 0.15) is 0 Å². The molecule has 0 fully saturated rings. The molecule has 6 nitrogen and oxygen atoms in total. The van der Waals surface area contributed by atoms with Crippen molar-refractivity contribution in [3.05, 3.63) is 36.9 Å². The third-order valence-electron chi connectivity index (χ3n) is 2.14. The largest absolute Gasteiger partial charge is 0.341 e. The number of hydrogen-bond acceptors (Lipinski definition) is 4. The summed E-state index contributed by atoms with van der Waals surface area (Å²) in [6.45, 7) is 0. The van der Waals surface area contributed by atoms with Crippen LogP contribution in [0.3, 0.4) is 0 Å². The van der Waals surface area contributed by atoms with Crippen molar-refractivity contribution in [2.75, 3.05) is 5.34 Å². The van der Waals surface area contributed by atoms with Crippen LogP contribution in [0.4, 0.5) is 0 Å². The van der Waals surface area contributed by atoms with Gasteiger partial charge in [0.15, 0.2) is 5.82 Å². The summed E-state index contributed by atoms with van der Waals surface area (Å²) in [6.07, 6.45) is 8.45. The van der Waals surface area contributed by atoms with Crippen LogP contribution < -0.4 is 0 Å². The number of carbonyl (C=O) groups excluding carboxylic acids is 2. The summed E-state index contributed by atoms with van der Waals surface area (Å²) in [5.41, 5.74) is 0. The molecule has 28 heavy (non-hydrogen) atoms. The molecule has 0 amide bonds. The maximum absolute atomic E-state index is 11.3. The molecule has 2 heterocycles. The van der Waals surface area contributed by atoms with Gasteiger partial charge in [-0.1, -0.05) is 69.6 Å². The topological polar surface area (TPSA) is 69.8 Å². The molecule has 0 atom stereocenters. The average molecular weight is 576 g/mol. The monoisotopic (exact) mass is 572 g/mol. The maximum Gasteiger partial charge on any atom is 0.273 e. The minimum atomic E-state index is -1.96. The summed E-state index contributed by atoms with van der Waals surface area (Å²) in [7, 11) is 3.59. The summed E-state index contributed by atoms with van der Waals surface area (Å²) in [6, 6.07) is 0. The molecular weight excluding hydrogens is 563 g/mol. The van der Waals surface area contributed by atoms with Gasteiger partial charge in [0.05, 0.1) is 11.7 Å². The highest BCUT2D eigenvalue weighted by Gasteiger charge is 2.34. The Morgan fingerprint density at radius 2 is 1.43 bits per heavy atom. The van der Waals surface area contributed by atoms with Gasteiger partial charge in [-0.05, 0) is 11.6 Å². The fourth-order valence-corrected chi connectivity index (χ4v) is 1.29. The number of hydrogen-bond donors (Lipinski definition) is 0. The van der Waals surface area contributed by atoms with Gasteiger partial charge in [-0.15, -0.1) is 23.2 Å². The summed E-state index contributed by atoms with van der Waals surface area (Å²) >= 11 is 45.1. The first kappa shape index (κ1) is 30.6. The number of aryl methyl sites for hydroxylation is 2. The van der Waals surface area contributed by atoms with Gasteiger partial charge in [0, 0.05) is 38.9 Å². The predicted octanol–water partition coefficient (Wildman–Crippen LogP) is 5.94. The molecule has 0 aliphatic rings. The number of halogens is 9. The lowest BCUT2D eigenvalue weighted by Crippen LogP contribution is -2.22. The summed E-state index contributed by atoms with van der Waals surface area (Å²) < 4.78 is -0.509. The second-order valence-corrected chi connectivity index (χ2v) is 10.0. The molecule has 0 aromatic carbocycles. The second kappa shape index (κ2) is 15.2. The van der Waals surface area contributed by atoms with E-state index in [0.29, 0.717) is 0 Å².